The van der Waals surface area contributed by atoms with E-state index >= 15 is 0 Å². The average molecular weight is 475 g/mol. The lowest BCUT2D eigenvalue weighted by Gasteiger charge is -2.22. The zero-order valence-electron chi connectivity index (χ0n) is 17.3. The van der Waals surface area contributed by atoms with Crippen LogP contribution in [0.4, 0.5) is 11.4 Å². The van der Waals surface area contributed by atoms with Gasteiger partial charge in [0.05, 0.1) is 15.5 Å². The summed E-state index contributed by atoms with van der Waals surface area (Å²) in [7, 11) is -1.98. The van der Waals surface area contributed by atoms with Crippen LogP contribution >= 0.6 is 11.8 Å². The molecule has 168 valence electrons. The van der Waals surface area contributed by atoms with E-state index in [1.807, 2.05) is 4.90 Å². The van der Waals surface area contributed by atoms with Gasteiger partial charge in [0.1, 0.15) is 0 Å². The van der Waals surface area contributed by atoms with Gasteiger partial charge < -0.3 is 10.2 Å². The molecule has 0 spiro atoms. The summed E-state index contributed by atoms with van der Waals surface area (Å²) in [5.41, 5.74) is 0.588. The summed E-state index contributed by atoms with van der Waals surface area (Å²) >= 11 is 1.29. The number of sulfonamides is 1. The number of benzene rings is 2. The second kappa shape index (κ2) is 9.55. The second-order valence-corrected chi connectivity index (χ2v) is 9.95. The Hall–Kier alpha value is -3.15. The molecule has 2 aromatic rings. The van der Waals surface area contributed by atoms with E-state index in [0.717, 1.165) is 5.69 Å². The van der Waals surface area contributed by atoms with E-state index in [2.05, 4.69) is 18.5 Å². The van der Waals surface area contributed by atoms with Crippen LogP contribution in [0.3, 0.4) is 0 Å². The molecule has 3 rings (SSSR count). The van der Waals surface area contributed by atoms with Crippen LogP contribution in [0.15, 0.2) is 77.6 Å². The fourth-order valence-electron chi connectivity index (χ4n) is 3.14. The summed E-state index contributed by atoms with van der Waals surface area (Å²) in [4.78, 5) is 25.8. The van der Waals surface area contributed by atoms with E-state index in [4.69, 9.17) is 0 Å². The quantitative estimate of drug-likeness (QED) is 0.337. The molecule has 32 heavy (non-hydrogen) atoms. The molecule has 1 aliphatic heterocycles. The fourth-order valence-corrected chi connectivity index (χ4v) is 5.72. The van der Waals surface area contributed by atoms with E-state index in [1.165, 1.54) is 64.6 Å². The van der Waals surface area contributed by atoms with Crippen molar-refractivity contribution in [2.24, 2.45) is 0 Å². The summed E-state index contributed by atoms with van der Waals surface area (Å²) in [5, 5.41) is 13.9. The van der Waals surface area contributed by atoms with Crippen molar-refractivity contribution >= 4 is 39.1 Å². The summed E-state index contributed by atoms with van der Waals surface area (Å²) in [6.45, 7) is 7.43. The standard InChI is InChI=1S/C21H22N4O5S2/c1-4-12-24(13-5-2)32(29,30)17-9-6-15(7-10-17)20(26)22-21-23(3)18-11-8-16(25(27)28)14-19(18)31-21/h4-11,14,21H,1-2,12-13H2,3H3,(H,22,26)/t21-/m0/s1. The highest BCUT2D eigenvalue weighted by Crippen LogP contribution is 2.43. The summed E-state index contributed by atoms with van der Waals surface area (Å²) in [6, 6.07) is 10.2. The number of carbonyl (C=O) groups excluding carboxylic acids is 1. The number of amides is 1. The molecule has 0 unspecified atom stereocenters. The van der Waals surface area contributed by atoms with Gasteiger partial charge in [-0.2, -0.15) is 4.31 Å². The van der Waals surface area contributed by atoms with E-state index in [1.54, 1.807) is 13.1 Å². The highest BCUT2D eigenvalue weighted by molar-refractivity contribution is 8.00. The van der Waals surface area contributed by atoms with E-state index in [-0.39, 0.29) is 23.7 Å². The highest BCUT2D eigenvalue weighted by Gasteiger charge is 2.30. The minimum atomic E-state index is -3.75. The molecule has 0 saturated heterocycles. The Bertz CT molecular complexity index is 1160. The van der Waals surface area contributed by atoms with Gasteiger partial charge in [0.2, 0.25) is 10.0 Å². The number of nitrogens with zero attached hydrogens (tertiary/aromatic N) is 3. The zero-order chi connectivity index (χ0) is 23.5. The molecule has 0 fully saturated rings. The number of hydrogen-bond donors (Lipinski definition) is 1. The first-order chi connectivity index (χ1) is 15.2. The van der Waals surface area contributed by atoms with E-state index in [0.29, 0.717) is 10.5 Å². The average Bonchev–Trinajstić information content (AvgIpc) is 3.08. The van der Waals surface area contributed by atoms with Gasteiger partial charge >= 0.3 is 0 Å². The summed E-state index contributed by atoms with van der Waals surface area (Å²) < 4.78 is 26.8. The van der Waals surface area contributed by atoms with Crippen LogP contribution < -0.4 is 10.2 Å². The van der Waals surface area contributed by atoms with Crippen molar-refractivity contribution in [3.8, 4) is 0 Å². The number of anilines is 1. The first-order valence-electron chi connectivity index (χ1n) is 9.50. The first-order valence-corrected chi connectivity index (χ1v) is 11.8. The molecular weight excluding hydrogens is 452 g/mol. The number of nitro benzene ring substituents is 1. The lowest BCUT2D eigenvalue weighted by atomic mass is 10.2. The van der Waals surface area contributed by atoms with E-state index in [9.17, 15) is 23.3 Å². The van der Waals surface area contributed by atoms with Crippen molar-refractivity contribution in [2.45, 2.75) is 15.3 Å². The second-order valence-electron chi connectivity index (χ2n) is 6.89. The molecule has 2 aromatic carbocycles. The number of fused-ring (bicyclic) bond motifs is 1. The van der Waals surface area contributed by atoms with Gasteiger partial charge in [0.15, 0.2) is 5.50 Å². The Kier molecular flexibility index (Phi) is 7.02. The lowest BCUT2D eigenvalue weighted by molar-refractivity contribution is -0.385. The molecular formula is C21H22N4O5S2. The van der Waals surface area contributed by atoms with Crippen molar-refractivity contribution in [1.82, 2.24) is 9.62 Å². The zero-order valence-corrected chi connectivity index (χ0v) is 18.9. The molecule has 0 saturated carbocycles. The maximum atomic E-state index is 12.8. The van der Waals surface area contributed by atoms with Gasteiger partial charge in [-0.25, -0.2) is 8.42 Å². The molecule has 1 N–H and O–H groups in total. The molecule has 1 amide bonds. The van der Waals surface area contributed by atoms with Crippen LogP contribution in [0.1, 0.15) is 10.4 Å². The van der Waals surface area contributed by atoms with Gasteiger partial charge in [0.25, 0.3) is 11.6 Å². The summed E-state index contributed by atoms with van der Waals surface area (Å²) in [5.74, 6) is -0.394. The fraction of sp³-hybridized carbons (Fsp3) is 0.190. The molecule has 0 bridgehead atoms. The Morgan fingerprint density at radius 2 is 1.84 bits per heavy atom. The van der Waals surface area contributed by atoms with Gasteiger partial charge in [0, 0.05) is 42.7 Å². The van der Waals surface area contributed by atoms with Crippen molar-refractivity contribution < 1.29 is 18.1 Å². The number of nitrogens with one attached hydrogen (secondary N) is 1. The van der Waals surface area contributed by atoms with Crippen LogP contribution in [-0.2, 0) is 10.0 Å². The van der Waals surface area contributed by atoms with Gasteiger partial charge in [-0.15, -0.1) is 13.2 Å². The third-order valence-corrected chi connectivity index (χ3v) is 7.88. The maximum absolute atomic E-state index is 12.8. The molecule has 1 aliphatic rings. The number of carbonyl (C=O) groups is 1. The van der Waals surface area contributed by atoms with Crippen LogP contribution in [0.2, 0.25) is 0 Å². The number of non-ortho nitro benzene ring substituents is 1. The Balaban J connectivity index is 1.73. The Labute approximate surface area is 190 Å². The van der Waals surface area contributed by atoms with Crippen molar-refractivity contribution in [2.75, 3.05) is 25.0 Å². The number of hydrogen-bond acceptors (Lipinski definition) is 7. The van der Waals surface area contributed by atoms with Crippen molar-refractivity contribution in [1.29, 1.82) is 0 Å². The minimum Gasteiger partial charge on any atom is -0.345 e. The monoisotopic (exact) mass is 474 g/mol. The molecule has 1 heterocycles. The molecule has 9 nitrogen and oxygen atoms in total. The maximum Gasteiger partial charge on any atom is 0.270 e. The van der Waals surface area contributed by atoms with Crippen molar-refractivity contribution in [3.63, 3.8) is 0 Å². The predicted molar refractivity (Wildman–Crippen MR) is 124 cm³/mol. The third-order valence-electron chi connectivity index (χ3n) is 4.80. The first kappa shape index (κ1) is 23.5. The predicted octanol–water partition coefficient (Wildman–Crippen LogP) is 3.21. The molecule has 0 aromatic heterocycles. The molecule has 11 heteroatoms. The number of thioether (sulfide) groups is 1. The normalized spacial score (nSPS) is 15.3. The number of nitro groups is 1. The van der Waals surface area contributed by atoms with Crippen molar-refractivity contribution in [3.05, 3.63) is 83.5 Å². The SMILES string of the molecule is C=CCN(CC=C)S(=O)(=O)c1ccc(C(=O)N[C@@H]2Sc3cc([N+](=O)[O-])ccc3N2C)cc1. The highest BCUT2D eigenvalue weighted by atomic mass is 32.2. The van der Waals surface area contributed by atoms with Gasteiger partial charge in [-0.05, 0) is 30.3 Å². The molecule has 0 aliphatic carbocycles. The summed E-state index contributed by atoms with van der Waals surface area (Å²) in [6.07, 6.45) is 2.98. The van der Waals surface area contributed by atoms with E-state index < -0.39 is 26.4 Å². The van der Waals surface area contributed by atoms with Crippen LogP contribution in [0.25, 0.3) is 0 Å². The Morgan fingerprint density at radius 3 is 2.41 bits per heavy atom. The van der Waals surface area contributed by atoms with Crippen LogP contribution in [0, 0.1) is 10.1 Å². The lowest BCUT2D eigenvalue weighted by Crippen LogP contribution is -2.41. The number of rotatable bonds is 9. The topological polar surface area (TPSA) is 113 Å². The van der Waals surface area contributed by atoms with Gasteiger partial charge in [-0.1, -0.05) is 23.9 Å². The minimum absolute atomic E-state index is 0.0182. The molecule has 1 atom stereocenters. The van der Waals surface area contributed by atoms with Gasteiger partial charge in [-0.3, -0.25) is 14.9 Å². The van der Waals surface area contributed by atoms with Crippen LogP contribution in [0.5, 0.6) is 0 Å². The largest absolute Gasteiger partial charge is 0.345 e. The smallest absolute Gasteiger partial charge is 0.270 e. The van der Waals surface area contributed by atoms with Crippen LogP contribution in [-0.4, -0.2) is 49.2 Å². The Morgan fingerprint density at radius 1 is 1.22 bits per heavy atom. The molecule has 0 radical (unpaired) electrons. The third kappa shape index (κ3) is 4.69.